The molecule has 2 fully saturated rings. The molecule has 0 saturated carbocycles. The number of likely N-dealkylation sites (tertiary alicyclic amines) is 1. The molecule has 2 amide bonds. The molecular weight excluding hydrogens is 428 g/mol. The number of benzene rings is 1. The number of fused-ring (bicyclic) bond motifs is 1. The summed E-state index contributed by atoms with van der Waals surface area (Å²) >= 11 is 0. The summed E-state index contributed by atoms with van der Waals surface area (Å²) in [6.45, 7) is 7.00. The molecule has 2 saturated heterocycles. The van der Waals surface area contributed by atoms with Crippen molar-refractivity contribution in [3.05, 3.63) is 52.8 Å². The zero-order valence-electron chi connectivity index (χ0n) is 20.4. The fraction of sp³-hybridized carbons (Fsp3) is 0.593. The smallest absolute Gasteiger partial charge is 0.274 e. The number of ether oxygens (including phenoxy) is 1. The molecule has 0 spiro atoms. The summed E-state index contributed by atoms with van der Waals surface area (Å²) in [6.07, 6.45) is 5.97. The maximum atomic E-state index is 13.3. The summed E-state index contributed by atoms with van der Waals surface area (Å²) in [7, 11) is 0. The summed E-state index contributed by atoms with van der Waals surface area (Å²) in [5.74, 6) is 0.721. The molecule has 2 atom stereocenters. The van der Waals surface area contributed by atoms with Crippen LogP contribution in [0.2, 0.25) is 0 Å². The first-order chi connectivity index (χ1) is 16.5. The quantitative estimate of drug-likeness (QED) is 0.682. The van der Waals surface area contributed by atoms with E-state index in [1.54, 1.807) is 0 Å². The maximum absolute atomic E-state index is 13.3. The molecule has 34 heavy (non-hydrogen) atoms. The van der Waals surface area contributed by atoms with Crippen LogP contribution in [0.3, 0.4) is 0 Å². The minimum absolute atomic E-state index is 0.0203. The fourth-order valence-corrected chi connectivity index (χ4v) is 5.87. The molecule has 182 valence electrons. The Labute approximate surface area is 202 Å². The van der Waals surface area contributed by atoms with Crippen molar-refractivity contribution in [2.45, 2.75) is 71.1 Å². The van der Waals surface area contributed by atoms with Gasteiger partial charge >= 0.3 is 0 Å². The van der Waals surface area contributed by atoms with Crippen LogP contribution >= 0.6 is 0 Å². The van der Waals surface area contributed by atoms with Gasteiger partial charge in [0.25, 0.3) is 5.91 Å². The monoisotopic (exact) mass is 464 g/mol. The van der Waals surface area contributed by atoms with Gasteiger partial charge in [-0.15, -0.1) is 0 Å². The lowest BCUT2D eigenvalue weighted by Crippen LogP contribution is -2.48. The third-order valence-electron chi connectivity index (χ3n) is 7.54. The van der Waals surface area contributed by atoms with Crippen molar-refractivity contribution >= 4 is 11.8 Å². The van der Waals surface area contributed by atoms with Gasteiger partial charge in [-0.25, -0.2) is 0 Å². The molecule has 0 N–H and O–H groups in total. The summed E-state index contributed by atoms with van der Waals surface area (Å²) in [5.41, 5.74) is 4.04. The molecule has 1 aliphatic carbocycles. The number of aromatic nitrogens is 2. The van der Waals surface area contributed by atoms with Gasteiger partial charge in [0, 0.05) is 37.4 Å². The summed E-state index contributed by atoms with van der Waals surface area (Å²) in [5, 5.41) is 4.70. The predicted molar refractivity (Wildman–Crippen MR) is 130 cm³/mol. The lowest BCUT2D eigenvalue weighted by atomic mass is 9.90. The van der Waals surface area contributed by atoms with Crippen LogP contribution in [0.1, 0.15) is 60.4 Å². The summed E-state index contributed by atoms with van der Waals surface area (Å²) in [6, 6.07) is 10.6. The zero-order valence-corrected chi connectivity index (χ0v) is 20.4. The van der Waals surface area contributed by atoms with Crippen molar-refractivity contribution in [3.8, 4) is 0 Å². The first-order valence-electron chi connectivity index (χ1n) is 12.8. The highest BCUT2D eigenvalue weighted by molar-refractivity contribution is 5.94. The molecule has 7 heteroatoms. The standard InChI is InChI=1S/C27H36N4O3/c1-19-16-30(17-20(2)34-19)27(33)26-23-9-6-10-24(23)31(28-26)18-25(32)29-13-11-22(12-14-29)15-21-7-4-3-5-8-21/h3-5,7-8,19-20,22H,6,9-18H2,1-2H3/t19-,20+. The first kappa shape index (κ1) is 23.1. The molecule has 0 unspecified atom stereocenters. The topological polar surface area (TPSA) is 67.7 Å². The first-order valence-corrected chi connectivity index (χ1v) is 12.8. The molecule has 0 bridgehead atoms. The number of piperidine rings is 1. The van der Waals surface area contributed by atoms with Gasteiger partial charge in [-0.1, -0.05) is 30.3 Å². The van der Waals surface area contributed by atoms with Crippen LogP contribution in [0.5, 0.6) is 0 Å². The van der Waals surface area contributed by atoms with E-state index in [4.69, 9.17) is 9.84 Å². The van der Waals surface area contributed by atoms with Crippen LogP contribution in [-0.4, -0.2) is 69.8 Å². The van der Waals surface area contributed by atoms with Crippen LogP contribution < -0.4 is 0 Å². The Hall–Kier alpha value is -2.67. The molecule has 1 aromatic carbocycles. The SMILES string of the molecule is C[C@@H]1CN(C(=O)c2nn(CC(=O)N3CCC(Cc4ccccc4)CC3)c3c2CCC3)C[C@H](C)O1. The Balaban J connectivity index is 1.22. The third-order valence-corrected chi connectivity index (χ3v) is 7.54. The van der Waals surface area contributed by atoms with Crippen molar-refractivity contribution in [3.63, 3.8) is 0 Å². The minimum Gasteiger partial charge on any atom is -0.372 e. The number of carbonyl (C=O) groups is 2. The van der Waals surface area contributed by atoms with Crippen LogP contribution in [0, 0.1) is 5.92 Å². The molecule has 5 rings (SSSR count). The van der Waals surface area contributed by atoms with Crippen molar-refractivity contribution in [2.24, 2.45) is 5.92 Å². The number of amides is 2. The van der Waals surface area contributed by atoms with E-state index >= 15 is 0 Å². The Morgan fingerprint density at radius 2 is 1.71 bits per heavy atom. The average Bonchev–Trinajstić information content (AvgIpc) is 3.43. The van der Waals surface area contributed by atoms with Crippen molar-refractivity contribution in [1.29, 1.82) is 0 Å². The van der Waals surface area contributed by atoms with Gasteiger partial charge in [0.1, 0.15) is 6.54 Å². The number of hydrogen-bond donors (Lipinski definition) is 0. The van der Waals surface area contributed by atoms with E-state index in [0.717, 1.165) is 62.9 Å². The minimum atomic E-state index is -0.0203. The highest BCUT2D eigenvalue weighted by Gasteiger charge is 2.33. The molecular formula is C27H36N4O3. The molecule has 3 aliphatic rings. The van der Waals surface area contributed by atoms with Gasteiger partial charge in [-0.2, -0.15) is 5.10 Å². The molecule has 1 aromatic heterocycles. The number of hydrogen-bond acceptors (Lipinski definition) is 4. The number of nitrogens with zero attached hydrogens (tertiary/aromatic N) is 4. The second-order valence-corrected chi connectivity index (χ2v) is 10.3. The van der Waals surface area contributed by atoms with Gasteiger partial charge in [-0.3, -0.25) is 14.3 Å². The molecule has 2 aromatic rings. The van der Waals surface area contributed by atoms with Gasteiger partial charge in [-0.05, 0) is 63.9 Å². The predicted octanol–water partition coefficient (Wildman–Crippen LogP) is 3.10. The number of carbonyl (C=O) groups excluding carboxylic acids is 2. The summed E-state index contributed by atoms with van der Waals surface area (Å²) < 4.78 is 7.61. The van der Waals surface area contributed by atoms with Gasteiger partial charge in [0.05, 0.1) is 12.2 Å². The van der Waals surface area contributed by atoms with Gasteiger partial charge in [0.2, 0.25) is 5.91 Å². The van der Waals surface area contributed by atoms with E-state index in [2.05, 4.69) is 30.3 Å². The fourth-order valence-electron chi connectivity index (χ4n) is 5.87. The van der Waals surface area contributed by atoms with Crippen LogP contribution in [0.4, 0.5) is 0 Å². The normalized spacial score (nSPS) is 23.2. The Morgan fingerprint density at radius 1 is 1.00 bits per heavy atom. The van der Waals surface area contributed by atoms with E-state index < -0.39 is 0 Å². The van der Waals surface area contributed by atoms with Gasteiger partial charge in [0.15, 0.2) is 5.69 Å². The molecule has 7 nitrogen and oxygen atoms in total. The van der Waals surface area contributed by atoms with Crippen molar-refractivity contribution in [2.75, 3.05) is 26.2 Å². The molecule has 2 aliphatic heterocycles. The maximum Gasteiger partial charge on any atom is 0.274 e. The number of rotatable bonds is 5. The lowest BCUT2D eigenvalue weighted by Gasteiger charge is -2.35. The number of morpholine rings is 1. The van der Waals surface area contributed by atoms with E-state index in [-0.39, 0.29) is 30.6 Å². The van der Waals surface area contributed by atoms with E-state index in [1.165, 1.54) is 5.56 Å². The Bertz CT molecular complexity index is 1020. The Morgan fingerprint density at radius 3 is 2.41 bits per heavy atom. The van der Waals surface area contributed by atoms with Crippen LogP contribution in [0.25, 0.3) is 0 Å². The van der Waals surface area contributed by atoms with Crippen LogP contribution in [0.15, 0.2) is 30.3 Å². The largest absolute Gasteiger partial charge is 0.372 e. The van der Waals surface area contributed by atoms with E-state index in [9.17, 15) is 9.59 Å². The molecule has 3 heterocycles. The van der Waals surface area contributed by atoms with Crippen molar-refractivity contribution < 1.29 is 14.3 Å². The van der Waals surface area contributed by atoms with Gasteiger partial charge < -0.3 is 14.5 Å². The average molecular weight is 465 g/mol. The highest BCUT2D eigenvalue weighted by Crippen LogP contribution is 2.28. The van der Waals surface area contributed by atoms with Crippen LogP contribution in [-0.2, 0) is 35.3 Å². The lowest BCUT2D eigenvalue weighted by molar-refractivity contribution is -0.133. The Kier molecular flexibility index (Phi) is 6.73. The highest BCUT2D eigenvalue weighted by atomic mass is 16.5. The van der Waals surface area contributed by atoms with E-state index in [1.807, 2.05) is 28.3 Å². The van der Waals surface area contributed by atoms with E-state index in [0.29, 0.717) is 24.7 Å². The second-order valence-electron chi connectivity index (χ2n) is 10.3. The summed E-state index contributed by atoms with van der Waals surface area (Å²) in [4.78, 5) is 30.3. The second kappa shape index (κ2) is 9.90. The van der Waals surface area contributed by atoms with Crippen molar-refractivity contribution in [1.82, 2.24) is 19.6 Å². The third kappa shape index (κ3) is 4.90. The molecule has 0 radical (unpaired) electrons. The zero-order chi connectivity index (χ0) is 23.7.